The highest BCUT2D eigenvalue weighted by Gasteiger charge is 2.34. The SMILES string of the molecule is CC1CN(C(=O)c2ccccc2S(=O)(=O)N2CCOCC2)CC(c2ccccc2)O1. The van der Waals surface area contributed by atoms with Gasteiger partial charge in [-0.15, -0.1) is 0 Å². The number of carbonyl (C=O) groups is 1. The van der Waals surface area contributed by atoms with Gasteiger partial charge in [0.2, 0.25) is 10.0 Å². The van der Waals surface area contributed by atoms with Crippen LogP contribution in [-0.4, -0.2) is 69.0 Å². The molecule has 2 fully saturated rings. The molecule has 0 aromatic heterocycles. The highest BCUT2D eigenvalue weighted by Crippen LogP contribution is 2.28. The molecule has 2 aromatic carbocycles. The van der Waals surface area contributed by atoms with Gasteiger partial charge in [0, 0.05) is 19.6 Å². The number of hydrogen-bond donors (Lipinski definition) is 0. The summed E-state index contributed by atoms with van der Waals surface area (Å²) in [6.07, 6.45) is -0.405. The lowest BCUT2D eigenvalue weighted by Crippen LogP contribution is -2.46. The number of sulfonamides is 1. The number of carbonyl (C=O) groups excluding carboxylic acids is 1. The summed E-state index contributed by atoms with van der Waals surface area (Å²) >= 11 is 0. The summed E-state index contributed by atoms with van der Waals surface area (Å²) in [6, 6.07) is 16.2. The van der Waals surface area contributed by atoms with Crippen molar-refractivity contribution in [1.29, 1.82) is 0 Å². The maximum Gasteiger partial charge on any atom is 0.255 e. The van der Waals surface area contributed by atoms with Crippen LogP contribution in [0.4, 0.5) is 0 Å². The predicted molar refractivity (Wildman–Crippen MR) is 112 cm³/mol. The van der Waals surface area contributed by atoms with Crippen molar-refractivity contribution in [2.45, 2.75) is 24.0 Å². The number of rotatable bonds is 4. The Balaban J connectivity index is 1.62. The van der Waals surface area contributed by atoms with E-state index in [9.17, 15) is 13.2 Å². The van der Waals surface area contributed by atoms with Crippen LogP contribution >= 0.6 is 0 Å². The molecule has 0 spiro atoms. The van der Waals surface area contributed by atoms with Crippen molar-refractivity contribution in [3.63, 3.8) is 0 Å². The van der Waals surface area contributed by atoms with Crippen molar-refractivity contribution in [1.82, 2.24) is 9.21 Å². The second-order valence-corrected chi connectivity index (χ2v) is 9.48. The maximum atomic E-state index is 13.4. The van der Waals surface area contributed by atoms with Crippen LogP contribution in [0.25, 0.3) is 0 Å². The number of ether oxygens (including phenoxy) is 2. The van der Waals surface area contributed by atoms with Crippen LogP contribution in [0.1, 0.15) is 28.9 Å². The molecule has 2 aliphatic heterocycles. The number of nitrogens with zero attached hydrogens (tertiary/aromatic N) is 2. The summed E-state index contributed by atoms with van der Waals surface area (Å²) in [6.45, 7) is 3.99. The largest absolute Gasteiger partial charge is 0.379 e. The molecule has 2 unspecified atom stereocenters. The lowest BCUT2D eigenvalue weighted by atomic mass is 10.1. The van der Waals surface area contributed by atoms with Crippen molar-refractivity contribution in [2.75, 3.05) is 39.4 Å². The molecule has 0 saturated carbocycles. The molecular weight excluding hydrogens is 404 g/mol. The Hall–Kier alpha value is -2.26. The lowest BCUT2D eigenvalue weighted by molar-refractivity contribution is -0.0692. The molecule has 2 aliphatic rings. The van der Waals surface area contributed by atoms with E-state index in [0.29, 0.717) is 26.3 Å². The quantitative estimate of drug-likeness (QED) is 0.744. The minimum absolute atomic E-state index is 0.0484. The van der Waals surface area contributed by atoms with Gasteiger partial charge in [-0.2, -0.15) is 4.31 Å². The molecule has 0 bridgehead atoms. The van der Waals surface area contributed by atoms with Gasteiger partial charge in [0.1, 0.15) is 6.10 Å². The first-order valence-corrected chi connectivity index (χ1v) is 11.6. The Labute approximate surface area is 177 Å². The normalized spacial score (nSPS) is 23.3. The zero-order valence-electron chi connectivity index (χ0n) is 16.9. The van der Waals surface area contributed by atoms with Crippen molar-refractivity contribution in [2.24, 2.45) is 0 Å². The summed E-state index contributed by atoms with van der Waals surface area (Å²) in [4.78, 5) is 15.2. The Morgan fingerprint density at radius 2 is 1.63 bits per heavy atom. The van der Waals surface area contributed by atoms with E-state index in [4.69, 9.17) is 9.47 Å². The van der Waals surface area contributed by atoms with E-state index in [1.807, 2.05) is 37.3 Å². The first-order chi connectivity index (χ1) is 14.5. The molecule has 8 heteroatoms. The lowest BCUT2D eigenvalue weighted by Gasteiger charge is -2.37. The van der Waals surface area contributed by atoms with E-state index in [2.05, 4.69) is 0 Å². The number of morpholine rings is 2. The number of benzene rings is 2. The van der Waals surface area contributed by atoms with Gasteiger partial charge in [0.15, 0.2) is 0 Å². The Kier molecular flexibility index (Phi) is 6.19. The fourth-order valence-electron chi connectivity index (χ4n) is 3.93. The molecule has 160 valence electrons. The molecule has 0 radical (unpaired) electrons. The second-order valence-electron chi connectivity index (χ2n) is 7.57. The van der Waals surface area contributed by atoms with Gasteiger partial charge in [-0.3, -0.25) is 4.79 Å². The number of amides is 1. The molecule has 2 saturated heterocycles. The zero-order valence-corrected chi connectivity index (χ0v) is 17.8. The van der Waals surface area contributed by atoms with E-state index < -0.39 is 10.0 Å². The van der Waals surface area contributed by atoms with E-state index >= 15 is 0 Å². The van der Waals surface area contributed by atoms with Crippen molar-refractivity contribution in [3.05, 3.63) is 65.7 Å². The monoisotopic (exact) mass is 430 g/mol. The maximum absolute atomic E-state index is 13.4. The molecule has 2 heterocycles. The third-order valence-electron chi connectivity index (χ3n) is 5.42. The average molecular weight is 431 g/mol. The van der Waals surface area contributed by atoms with Crippen LogP contribution in [0.3, 0.4) is 0 Å². The van der Waals surface area contributed by atoms with Gasteiger partial charge in [-0.25, -0.2) is 8.42 Å². The van der Waals surface area contributed by atoms with E-state index in [-0.39, 0.29) is 41.7 Å². The average Bonchev–Trinajstić information content (AvgIpc) is 2.79. The van der Waals surface area contributed by atoms with Gasteiger partial charge in [0.05, 0.1) is 36.3 Å². The molecule has 0 N–H and O–H groups in total. The molecule has 0 aliphatic carbocycles. The number of hydrogen-bond acceptors (Lipinski definition) is 5. The minimum atomic E-state index is -3.78. The van der Waals surface area contributed by atoms with Gasteiger partial charge >= 0.3 is 0 Å². The summed E-state index contributed by atoms with van der Waals surface area (Å²) in [7, 11) is -3.78. The molecule has 2 aromatic rings. The van der Waals surface area contributed by atoms with Gasteiger partial charge in [0.25, 0.3) is 5.91 Å². The summed E-state index contributed by atoms with van der Waals surface area (Å²) in [5.41, 5.74) is 1.20. The summed E-state index contributed by atoms with van der Waals surface area (Å²) in [5.74, 6) is -0.293. The minimum Gasteiger partial charge on any atom is -0.379 e. The first kappa shape index (κ1) is 21.0. The molecule has 7 nitrogen and oxygen atoms in total. The van der Waals surface area contributed by atoms with Crippen LogP contribution in [0.5, 0.6) is 0 Å². The van der Waals surface area contributed by atoms with Crippen LogP contribution in [0, 0.1) is 0 Å². The van der Waals surface area contributed by atoms with Crippen LogP contribution in [0.15, 0.2) is 59.5 Å². The van der Waals surface area contributed by atoms with Crippen molar-refractivity contribution >= 4 is 15.9 Å². The second kappa shape index (κ2) is 8.85. The Morgan fingerprint density at radius 3 is 2.37 bits per heavy atom. The van der Waals surface area contributed by atoms with Crippen LogP contribution in [-0.2, 0) is 19.5 Å². The van der Waals surface area contributed by atoms with Gasteiger partial charge in [-0.05, 0) is 24.6 Å². The molecule has 4 rings (SSSR count). The Morgan fingerprint density at radius 1 is 0.967 bits per heavy atom. The van der Waals surface area contributed by atoms with Crippen LogP contribution in [0.2, 0.25) is 0 Å². The van der Waals surface area contributed by atoms with Crippen molar-refractivity contribution < 1.29 is 22.7 Å². The predicted octanol–water partition coefficient (Wildman–Crippen LogP) is 2.31. The highest BCUT2D eigenvalue weighted by molar-refractivity contribution is 7.89. The van der Waals surface area contributed by atoms with Crippen LogP contribution < -0.4 is 0 Å². The highest BCUT2D eigenvalue weighted by atomic mass is 32.2. The molecule has 30 heavy (non-hydrogen) atoms. The van der Waals surface area contributed by atoms with Crippen molar-refractivity contribution in [3.8, 4) is 0 Å². The third-order valence-corrected chi connectivity index (χ3v) is 7.38. The molecule has 2 atom stereocenters. The first-order valence-electron chi connectivity index (χ1n) is 10.1. The van der Waals surface area contributed by atoms with E-state index in [0.717, 1.165) is 5.56 Å². The Bertz CT molecular complexity index is 990. The third kappa shape index (κ3) is 4.27. The fraction of sp³-hybridized carbons (Fsp3) is 0.409. The standard InChI is InChI=1S/C22H26N2O5S/c1-17-15-23(16-20(29-17)18-7-3-2-4-8-18)22(25)19-9-5-6-10-21(19)30(26,27)24-11-13-28-14-12-24/h2-10,17,20H,11-16H2,1H3. The summed E-state index contributed by atoms with van der Waals surface area (Å²) < 4.78 is 39.1. The van der Waals surface area contributed by atoms with E-state index in [1.165, 1.54) is 10.4 Å². The molecular formula is C22H26N2O5S. The van der Waals surface area contributed by atoms with Gasteiger partial charge in [-0.1, -0.05) is 42.5 Å². The summed E-state index contributed by atoms with van der Waals surface area (Å²) in [5, 5.41) is 0. The molecule has 1 amide bonds. The fourth-order valence-corrected chi connectivity index (χ4v) is 5.53. The smallest absolute Gasteiger partial charge is 0.255 e. The van der Waals surface area contributed by atoms with E-state index in [1.54, 1.807) is 23.1 Å². The zero-order chi connectivity index (χ0) is 21.1. The topological polar surface area (TPSA) is 76.2 Å². The van der Waals surface area contributed by atoms with Gasteiger partial charge < -0.3 is 14.4 Å².